The van der Waals surface area contributed by atoms with Gasteiger partial charge in [-0.15, -0.1) is 0 Å². The molecule has 0 bridgehead atoms. The van der Waals surface area contributed by atoms with Gasteiger partial charge in [0.2, 0.25) is 17.8 Å². The third-order valence-electron chi connectivity index (χ3n) is 6.44. The first-order valence-electron chi connectivity index (χ1n) is 12.7. The molecule has 0 atom stereocenters. The maximum Gasteiger partial charge on any atom is 0.231 e. The average Bonchev–Trinajstić information content (AvgIpc) is 3.25. The number of para-hydroxylation sites is 1. The normalized spacial score (nSPS) is 11.4. The van der Waals surface area contributed by atoms with E-state index in [-0.39, 0.29) is 18.1 Å². The van der Waals surface area contributed by atoms with Gasteiger partial charge in [0, 0.05) is 37.3 Å². The van der Waals surface area contributed by atoms with Crippen LogP contribution in [0, 0.1) is 0 Å². The average molecular weight is 590 g/mol. The number of anilines is 5. The molecule has 12 heteroatoms. The van der Waals surface area contributed by atoms with Crippen LogP contribution in [0.25, 0.3) is 11.0 Å². The highest BCUT2D eigenvalue weighted by atomic mass is 35.5. The number of nitrogens with zero attached hydrogens (tertiary/aromatic N) is 5. The molecule has 0 fully saturated rings. The fourth-order valence-electron chi connectivity index (χ4n) is 4.40. The molecule has 0 aliphatic carbocycles. The SMILES string of the molecule is CN(c1ccnc(Nc2ccc(CS(C)(=O)=O)cc2)n1)c1cccc2c1nc(NC(=O)Cc1ccccc1Cl)n2C. The molecule has 10 nitrogen and oxygen atoms in total. The summed E-state index contributed by atoms with van der Waals surface area (Å²) in [7, 11) is 0.615. The molecule has 5 rings (SSSR count). The molecule has 0 radical (unpaired) electrons. The van der Waals surface area contributed by atoms with Crippen molar-refractivity contribution in [1.29, 1.82) is 0 Å². The van der Waals surface area contributed by atoms with Crippen LogP contribution in [0.3, 0.4) is 0 Å². The molecule has 0 saturated heterocycles. The second-order valence-electron chi connectivity index (χ2n) is 9.65. The van der Waals surface area contributed by atoms with Crippen molar-refractivity contribution in [2.24, 2.45) is 7.05 Å². The van der Waals surface area contributed by atoms with Gasteiger partial charge in [0.25, 0.3) is 0 Å². The van der Waals surface area contributed by atoms with Crippen molar-refractivity contribution in [3.05, 3.63) is 95.1 Å². The molecule has 0 aliphatic heterocycles. The lowest BCUT2D eigenvalue weighted by Crippen LogP contribution is -2.17. The summed E-state index contributed by atoms with van der Waals surface area (Å²) < 4.78 is 24.9. The van der Waals surface area contributed by atoms with E-state index in [9.17, 15) is 13.2 Å². The number of carbonyl (C=O) groups is 1. The minimum atomic E-state index is -3.11. The number of sulfone groups is 1. The predicted octanol–water partition coefficient (Wildman–Crippen LogP) is 5.25. The highest BCUT2D eigenvalue weighted by Crippen LogP contribution is 2.32. The van der Waals surface area contributed by atoms with Gasteiger partial charge in [0.05, 0.1) is 23.4 Å². The Hall–Kier alpha value is -4.48. The van der Waals surface area contributed by atoms with Crippen molar-refractivity contribution >= 4 is 67.5 Å². The zero-order chi connectivity index (χ0) is 29.1. The lowest BCUT2D eigenvalue weighted by molar-refractivity contribution is -0.115. The number of hydrogen-bond acceptors (Lipinski definition) is 8. The molecular weight excluding hydrogens is 562 g/mol. The minimum absolute atomic E-state index is 0.0180. The van der Waals surface area contributed by atoms with Gasteiger partial charge in [-0.05, 0) is 47.5 Å². The van der Waals surface area contributed by atoms with Gasteiger partial charge in [0.1, 0.15) is 11.3 Å². The van der Waals surface area contributed by atoms with E-state index in [2.05, 4.69) is 20.6 Å². The smallest absolute Gasteiger partial charge is 0.231 e. The van der Waals surface area contributed by atoms with Crippen LogP contribution < -0.4 is 15.5 Å². The van der Waals surface area contributed by atoms with E-state index in [4.69, 9.17) is 16.6 Å². The molecule has 2 N–H and O–H groups in total. The fourth-order valence-corrected chi connectivity index (χ4v) is 5.40. The molecule has 0 saturated carbocycles. The van der Waals surface area contributed by atoms with E-state index in [1.165, 1.54) is 6.26 Å². The van der Waals surface area contributed by atoms with Crippen LogP contribution >= 0.6 is 11.6 Å². The quantitative estimate of drug-likeness (QED) is 0.239. The number of halogens is 1. The molecule has 1 amide bonds. The van der Waals surface area contributed by atoms with Crippen LogP contribution in [0.15, 0.2) is 79.0 Å². The van der Waals surface area contributed by atoms with Gasteiger partial charge < -0.3 is 14.8 Å². The van der Waals surface area contributed by atoms with E-state index in [1.807, 2.05) is 60.0 Å². The zero-order valence-corrected chi connectivity index (χ0v) is 24.2. The first kappa shape index (κ1) is 28.1. The van der Waals surface area contributed by atoms with Crippen LogP contribution in [-0.4, -0.2) is 47.1 Å². The van der Waals surface area contributed by atoms with Crippen LogP contribution in [0.1, 0.15) is 11.1 Å². The van der Waals surface area contributed by atoms with E-state index in [1.54, 1.807) is 42.6 Å². The van der Waals surface area contributed by atoms with Gasteiger partial charge in [-0.25, -0.2) is 18.4 Å². The van der Waals surface area contributed by atoms with Crippen LogP contribution in [0.5, 0.6) is 0 Å². The Balaban J connectivity index is 1.35. The first-order chi connectivity index (χ1) is 19.6. The summed E-state index contributed by atoms with van der Waals surface area (Å²) in [4.78, 5) is 28.4. The molecule has 5 aromatic rings. The van der Waals surface area contributed by atoms with Gasteiger partial charge in [0.15, 0.2) is 9.84 Å². The number of fused-ring (bicyclic) bond motifs is 1. The lowest BCUT2D eigenvalue weighted by Gasteiger charge is -2.19. The molecule has 0 spiro atoms. The predicted molar refractivity (Wildman–Crippen MR) is 163 cm³/mol. The molecule has 2 heterocycles. The van der Waals surface area contributed by atoms with Crippen molar-refractivity contribution in [2.45, 2.75) is 12.2 Å². The van der Waals surface area contributed by atoms with Gasteiger partial charge in [-0.2, -0.15) is 4.98 Å². The Labute approximate surface area is 243 Å². The summed E-state index contributed by atoms with van der Waals surface area (Å²) in [6, 6.07) is 21.9. The molecule has 0 aliphatic rings. The topological polar surface area (TPSA) is 122 Å². The van der Waals surface area contributed by atoms with E-state index >= 15 is 0 Å². The summed E-state index contributed by atoms with van der Waals surface area (Å²) in [6.07, 6.45) is 2.99. The highest BCUT2D eigenvalue weighted by Gasteiger charge is 2.18. The van der Waals surface area contributed by atoms with E-state index in [0.717, 1.165) is 22.5 Å². The number of amides is 1. The Bertz CT molecular complexity index is 1840. The summed E-state index contributed by atoms with van der Waals surface area (Å²) in [5.74, 6) is 1.18. The minimum Gasteiger partial charge on any atom is -0.327 e. The van der Waals surface area contributed by atoms with E-state index < -0.39 is 9.84 Å². The van der Waals surface area contributed by atoms with Crippen molar-refractivity contribution in [2.75, 3.05) is 28.8 Å². The molecular formula is C29H28ClN7O3S. The number of hydrogen-bond donors (Lipinski definition) is 2. The number of carbonyl (C=O) groups excluding carboxylic acids is 1. The Morgan fingerprint density at radius 2 is 1.76 bits per heavy atom. The van der Waals surface area contributed by atoms with Crippen molar-refractivity contribution < 1.29 is 13.2 Å². The lowest BCUT2D eigenvalue weighted by atomic mass is 10.1. The Morgan fingerprint density at radius 3 is 2.49 bits per heavy atom. The molecule has 41 heavy (non-hydrogen) atoms. The number of aromatic nitrogens is 4. The van der Waals surface area contributed by atoms with Crippen molar-refractivity contribution in [3.8, 4) is 0 Å². The maximum atomic E-state index is 12.8. The third-order valence-corrected chi connectivity index (χ3v) is 7.66. The Morgan fingerprint density at radius 1 is 1.00 bits per heavy atom. The van der Waals surface area contributed by atoms with Crippen LogP contribution in [-0.2, 0) is 33.9 Å². The number of rotatable bonds is 9. The van der Waals surface area contributed by atoms with Gasteiger partial charge in [-0.1, -0.05) is 48.0 Å². The van der Waals surface area contributed by atoms with Crippen molar-refractivity contribution in [1.82, 2.24) is 19.5 Å². The van der Waals surface area contributed by atoms with Gasteiger partial charge >= 0.3 is 0 Å². The maximum absolute atomic E-state index is 12.8. The molecule has 2 aromatic heterocycles. The number of imidazole rings is 1. The molecule has 0 unspecified atom stereocenters. The number of benzene rings is 3. The zero-order valence-electron chi connectivity index (χ0n) is 22.7. The largest absolute Gasteiger partial charge is 0.327 e. The summed E-state index contributed by atoms with van der Waals surface area (Å²) in [5, 5.41) is 6.60. The summed E-state index contributed by atoms with van der Waals surface area (Å²) in [5.41, 5.74) is 4.49. The van der Waals surface area contributed by atoms with E-state index in [0.29, 0.717) is 33.8 Å². The van der Waals surface area contributed by atoms with Crippen LogP contribution in [0.2, 0.25) is 5.02 Å². The summed E-state index contributed by atoms with van der Waals surface area (Å²) in [6.45, 7) is 0. The van der Waals surface area contributed by atoms with Gasteiger partial charge in [-0.3, -0.25) is 10.1 Å². The standard InChI is InChI=1S/C29H28ClN7O3S/c1-36(25-15-16-31-28(33-25)32-21-13-11-19(12-14-21)18-41(3,39)40)23-9-6-10-24-27(23)35-29(37(24)2)34-26(38)17-20-7-4-5-8-22(20)30/h4-16H,17-18H2,1-3H3,(H,31,32,33)(H,34,35,38). The third kappa shape index (κ3) is 6.64. The number of nitrogens with one attached hydrogen (secondary N) is 2. The first-order valence-corrected chi connectivity index (χ1v) is 15.1. The van der Waals surface area contributed by atoms with Crippen LogP contribution in [0.4, 0.5) is 29.1 Å². The fraction of sp³-hybridized carbons (Fsp3) is 0.172. The number of aryl methyl sites for hydroxylation is 1. The highest BCUT2D eigenvalue weighted by molar-refractivity contribution is 7.89. The second kappa shape index (κ2) is 11.6. The molecule has 210 valence electrons. The van der Waals surface area contributed by atoms with Crippen molar-refractivity contribution in [3.63, 3.8) is 0 Å². The second-order valence-corrected chi connectivity index (χ2v) is 12.2. The Kier molecular flexibility index (Phi) is 7.91. The summed E-state index contributed by atoms with van der Waals surface area (Å²) >= 11 is 6.22. The monoisotopic (exact) mass is 589 g/mol. The molecule has 3 aromatic carbocycles.